The molecule has 0 atom stereocenters. The van der Waals surface area contributed by atoms with Gasteiger partial charge in [0.1, 0.15) is 0 Å². The van der Waals surface area contributed by atoms with E-state index in [0.29, 0.717) is 12.0 Å². The van der Waals surface area contributed by atoms with Gasteiger partial charge in [-0.25, -0.2) is 4.98 Å². The van der Waals surface area contributed by atoms with Gasteiger partial charge in [-0.1, -0.05) is 34.1 Å². The molecular formula is C15H17BrN2S. The van der Waals surface area contributed by atoms with Crippen LogP contribution < -0.4 is 5.32 Å². The Morgan fingerprint density at radius 2 is 2.16 bits per heavy atom. The van der Waals surface area contributed by atoms with Crippen molar-refractivity contribution >= 4 is 27.3 Å². The highest BCUT2D eigenvalue weighted by Crippen LogP contribution is 2.40. The fourth-order valence-corrected chi connectivity index (χ4v) is 3.91. The number of hydrogen-bond donors (Lipinski definition) is 1. The van der Waals surface area contributed by atoms with Crippen molar-refractivity contribution in [1.29, 1.82) is 0 Å². The molecule has 1 aromatic carbocycles. The average Bonchev–Trinajstić information content (AvgIpc) is 2.75. The Hall–Kier alpha value is -0.710. The molecule has 2 aromatic rings. The smallest absolute Gasteiger partial charge is 0.0798 e. The molecular weight excluding hydrogens is 320 g/mol. The van der Waals surface area contributed by atoms with Gasteiger partial charge in [-0.2, -0.15) is 0 Å². The molecule has 1 fully saturated rings. The largest absolute Gasteiger partial charge is 0.309 e. The lowest BCUT2D eigenvalue weighted by Crippen LogP contribution is -2.39. The monoisotopic (exact) mass is 336 g/mol. The van der Waals surface area contributed by atoms with E-state index in [1.54, 1.807) is 11.3 Å². The standard InChI is InChI=1S/C15H17BrN2S/c1-10-15(19-9-18-10)8-17-12-6-11(7-12)13-4-2-3-5-14(13)16/h2-5,9,11-12,17H,6-8H2,1H3. The zero-order valence-corrected chi connectivity index (χ0v) is 13.3. The Kier molecular flexibility index (Phi) is 4.01. The van der Waals surface area contributed by atoms with Crippen molar-refractivity contribution < 1.29 is 0 Å². The molecule has 0 unspecified atom stereocenters. The van der Waals surface area contributed by atoms with Crippen molar-refractivity contribution in [2.75, 3.05) is 0 Å². The molecule has 0 saturated heterocycles. The van der Waals surface area contributed by atoms with E-state index >= 15 is 0 Å². The van der Waals surface area contributed by atoms with Crippen molar-refractivity contribution in [3.8, 4) is 0 Å². The van der Waals surface area contributed by atoms with Crippen LogP contribution in [0, 0.1) is 6.92 Å². The summed E-state index contributed by atoms with van der Waals surface area (Å²) in [5, 5.41) is 3.64. The number of nitrogens with zero attached hydrogens (tertiary/aromatic N) is 1. The molecule has 1 aliphatic rings. The van der Waals surface area contributed by atoms with E-state index in [4.69, 9.17) is 0 Å². The minimum atomic E-state index is 0.651. The van der Waals surface area contributed by atoms with Crippen LogP contribution in [0.2, 0.25) is 0 Å². The zero-order valence-electron chi connectivity index (χ0n) is 10.9. The third-order valence-electron chi connectivity index (χ3n) is 3.88. The lowest BCUT2D eigenvalue weighted by atomic mass is 9.76. The van der Waals surface area contributed by atoms with Gasteiger partial charge in [-0.05, 0) is 37.3 Å². The van der Waals surface area contributed by atoms with Crippen molar-refractivity contribution in [3.05, 3.63) is 50.4 Å². The summed E-state index contributed by atoms with van der Waals surface area (Å²) in [7, 11) is 0. The van der Waals surface area contributed by atoms with Gasteiger partial charge in [0.2, 0.25) is 0 Å². The number of rotatable bonds is 4. The zero-order chi connectivity index (χ0) is 13.2. The third-order valence-corrected chi connectivity index (χ3v) is 5.54. The van der Waals surface area contributed by atoms with Gasteiger partial charge in [0.25, 0.3) is 0 Å². The molecule has 100 valence electrons. The molecule has 1 N–H and O–H groups in total. The number of benzene rings is 1. The molecule has 1 aromatic heterocycles. The summed E-state index contributed by atoms with van der Waals surface area (Å²) in [6.45, 7) is 3.04. The van der Waals surface area contributed by atoms with Crippen molar-refractivity contribution in [2.45, 2.75) is 38.3 Å². The summed E-state index contributed by atoms with van der Waals surface area (Å²) >= 11 is 5.39. The van der Waals surface area contributed by atoms with Crippen LogP contribution in [-0.4, -0.2) is 11.0 Å². The van der Waals surface area contributed by atoms with Gasteiger partial charge in [-0.15, -0.1) is 11.3 Å². The maximum Gasteiger partial charge on any atom is 0.0798 e. The van der Waals surface area contributed by atoms with E-state index in [2.05, 4.69) is 57.4 Å². The second-order valence-electron chi connectivity index (χ2n) is 5.13. The summed E-state index contributed by atoms with van der Waals surface area (Å²) in [6, 6.07) is 9.23. The van der Waals surface area contributed by atoms with Crippen LogP contribution in [0.15, 0.2) is 34.2 Å². The lowest BCUT2D eigenvalue weighted by molar-refractivity contribution is 0.289. The first-order valence-corrected chi connectivity index (χ1v) is 8.28. The van der Waals surface area contributed by atoms with Crippen molar-refractivity contribution in [1.82, 2.24) is 10.3 Å². The maximum absolute atomic E-state index is 4.28. The minimum Gasteiger partial charge on any atom is -0.309 e. The predicted octanol–water partition coefficient (Wildman–Crippen LogP) is 4.25. The molecule has 2 nitrogen and oxygen atoms in total. The number of nitrogens with one attached hydrogen (secondary N) is 1. The van der Waals surface area contributed by atoms with Gasteiger partial charge in [-0.3, -0.25) is 0 Å². The SMILES string of the molecule is Cc1ncsc1CNC1CC(c2ccccc2Br)C1. The van der Waals surface area contributed by atoms with Crippen LogP contribution in [0.4, 0.5) is 0 Å². The second kappa shape index (κ2) is 5.73. The highest BCUT2D eigenvalue weighted by molar-refractivity contribution is 9.10. The molecule has 0 aliphatic heterocycles. The molecule has 0 radical (unpaired) electrons. The molecule has 19 heavy (non-hydrogen) atoms. The van der Waals surface area contributed by atoms with E-state index in [-0.39, 0.29) is 0 Å². The average molecular weight is 337 g/mol. The first kappa shape index (κ1) is 13.3. The number of aryl methyl sites for hydroxylation is 1. The summed E-state index contributed by atoms with van der Waals surface area (Å²) in [6.07, 6.45) is 2.47. The Balaban J connectivity index is 1.51. The molecule has 4 heteroatoms. The van der Waals surface area contributed by atoms with Gasteiger partial charge >= 0.3 is 0 Å². The van der Waals surface area contributed by atoms with Gasteiger partial charge in [0, 0.05) is 21.9 Å². The summed E-state index contributed by atoms with van der Waals surface area (Å²) in [4.78, 5) is 5.65. The van der Waals surface area contributed by atoms with Crippen LogP contribution in [0.25, 0.3) is 0 Å². The highest BCUT2D eigenvalue weighted by atomic mass is 79.9. The number of hydrogen-bond acceptors (Lipinski definition) is 3. The van der Waals surface area contributed by atoms with E-state index in [1.165, 1.54) is 33.4 Å². The van der Waals surface area contributed by atoms with E-state index in [1.807, 2.05) is 5.51 Å². The molecule has 0 bridgehead atoms. The fraction of sp³-hybridized carbons (Fsp3) is 0.400. The van der Waals surface area contributed by atoms with Crippen LogP contribution in [-0.2, 0) is 6.54 Å². The normalized spacial score (nSPS) is 22.2. The first-order chi connectivity index (χ1) is 9.24. The number of thiazole rings is 1. The quantitative estimate of drug-likeness (QED) is 0.902. The minimum absolute atomic E-state index is 0.651. The Bertz CT molecular complexity index is 561. The Morgan fingerprint density at radius 1 is 1.37 bits per heavy atom. The van der Waals surface area contributed by atoms with Crippen LogP contribution in [0.1, 0.15) is 34.9 Å². The molecule has 1 aliphatic carbocycles. The van der Waals surface area contributed by atoms with Crippen molar-refractivity contribution in [2.24, 2.45) is 0 Å². The van der Waals surface area contributed by atoms with E-state index < -0.39 is 0 Å². The molecule has 3 rings (SSSR count). The van der Waals surface area contributed by atoms with Crippen molar-refractivity contribution in [3.63, 3.8) is 0 Å². The first-order valence-electron chi connectivity index (χ1n) is 6.61. The van der Waals surface area contributed by atoms with Crippen LogP contribution >= 0.6 is 27.3 Å². The molecule has 0 spiro atoms. The maximum atomic E-state index is 4.28. The van der Waals surface area contributed by atoms with Gasteiger partial charge in [0.15, 0.2) is 0 Å². The Labute approximate surface area is 126 Å². The second-order valence-corrected chi connectivity index (χ2v) is 6.92. The number of aromatic nitrogens is 1. The van der Waals surface area contributed by atoms with E-state index in [9.17, 15) is 0 Å². The highest BCUT2D eigenvalue weighted by Gasteiger charge is 2.30. The van der Waals surface area contributed by atoms with Gasteiger partial charge < -0.3 is 5.32 Å². The topological polar surface area (TPSA) is 24.9 Å². The lowest BCUT2D eigenvalue weighted by Gasteiger charge is -2.36. The number of halogens is 1. The third kappa shape index (κ3) is 2.91. The summed E-state index contributed by atoms with van der Waals surface area (Å²) in [5.41, 5.74) is 4.55. The fourth-order valence-electron chi connectivity index (χ4n) is 2.58. The summed E-state index contributed by atoms with van der Waals surface area (Å²) < 4.78 is 1.25. The van der Waals surface area contributed by atoms with Gasteiger partial charge in [0.05, 0.1) is 11.2 Å². The molecule has 1 heterocycles. The molecule has 1 saturated carbocycles. The van der Waals surface area contributed by atoms with E-state index in [0.717, 1.165) is 6.54 Å². The Morgan fingerprint density at radius 3 is 2.84 bits per heavy atom. The molecule has 0 amide bonds. The van der Waals surface area contributed by atoms with Crippen LogP contribution in [0.3, 0.4) is 0 Å². The summed E-state index contributed by atoms with van der Waals surface area (Å²) in [5.74, 6) is 0.704. The van der Waals surface area contributed by atoms with Crippen LogP contribution in [0.5, 0.6) is 0 Å². The predicted molar refractivity (Wildman–Crippen MR) is 83.6 cm³/mol.